The zero-order valence-corrected chi connectivity index (χ0v) is 13.9. The van der Waals surface area contributed by atoms with Crippen molar-refractivity contribution in [3.8, 4) is 0 Å². The quantitative estimate of drug-likeness (QED) is 0.834. The molecule has 122 valence electrons. The molecule has 2 bridgehead atoms. The van der Waals surface area contributed by atoms with E-state index in [2.05, 4.69) is 47.1 Å². The van der Waals surface area contributed by atoms with Gasteiger partial charge in [0.05, 0.1) is 6.61 Å². The smallest absolute Gasteiger partial charge is 0.0514 e. The van der Waals surface area contributed by atoms with Gasteiger partial charge in [-0.25, -0.2) is 0 Å². The predicted molar refractivity (Wildman–Crippen MR) is 94.8 cm³/mol. The first kappa shape index (κ1) is 15.0. The molecule has 0 radical (unpaired) electrons. The highest BCUT2D eigenvalue weighted by Crippen LogP contribution is 2.35. The average molecular weight is 310 g/mol. The number of rotatable bonds is 2. The van der Waals surface area contributed by atoms with Crippen LogP contribution >= 0.6 is 0 Å². The Balaban J connectivity index is 1.77. The van der Waals surface area contributed by atoms with Gasteiger partial charge in [-0.2, -0.15) is 0 Å². The van der Waals surface area contributed by atoms with Gasteiger partial charge in [-0.3, -0.25) is 4.90 Å². The van der Waals surface area contributed by atoms with E-state index < -0.39 is 0 Å². The summed E-state index contributed by atoms with van der Waals surface area (Å²) in [5.41, 5.74) is 5.47. The molecule has 2 aliphatic rings. The molecule has 2 aliphatic heterocycles. The Morgan fingerprint density at radius 3 is 3.00 bits per heavy atom. The predicted octanol–water partition coefficient (Wildman–Crippen LogP) is 3.46. The van der Waals surface area contributed by atoms with Crippen LogP contribution in [0.5, 0.6) is 0 Å². The summed E-state index contributed by atoms with van der Waals surface area (Å²) < 4.78 is 0. The largest absolute Gasteiger partial charge is 0.396 e. The molecule has 0 aliphatic carbocycles. The number of benzene rings is 1. The van der Waals surface area contributed by atoms with Crippen molar-refractivity contribution in [1.82, 2.24) is 9.88 Å². The molecular formula is C20H26N2O. The zero-order valence-electron chi connectivity index (χ0n) is 13.9. The molecule has 2 aromatic rings. The van der Waals surface area contributed by atoms with Gasteiger partial charge < -0.3 is 10.1 Å². The molecule has 1 aromatic heterocycles. The van der Waals surface area contributed by atoms with Crippen molar-refractivity contribution in [2.24, 2.45) is 5.92 Å². The van der Waals surface area contributed by atoms with Gasteiger partial charge in [0, 0.05) is 42.1 Å². The molecule has 0 fully saturated rings. The maximum atomic E-state index is 10.0. The van der Waals surface area contributed by atoms with E-state index in [0.717, 1.165) is 38.9 Å². The third kappa shape index (κ3) is 2.73. The number of hydrogen-bond donors (Lipinski definition) is 2. The Kier molecular flexibility index (Phi) is 4.00. The van der Waals surface area contributed by atoms with Crippen LogP contribution in [0, 0.1) is 5.92 Å². The normalized spacial score (nSPS) is 27.7. The second-order valence-corrected chi connectivity index (χ2v) is 7.10. The van der Waals surface area contributed by atoms with Gasteiger partial charge in [0.15, 0.2) is 0 Å². The van der Waals surface area contributed by atoms with Gasteiger partial charge in [0.2, 0.25) is 0 Å². The van der Waals surface area contributed by atoms with Gasteiger partial charge in [0.25, 0.3) is 0 Å². The molecule has 3 heteroatoms. The fraction of sp³-hybridized carbons (Fsp3) is 0.500. The van der Waals surface area contributed by atoms with Crippen molar-refractivity contribution in [3.05, 3.63) is 47.2 Å². The van der Waals surface area contributed by atoms with Crippen LogP contribution < -0.4 is 0 Å². The summed E-state index contributed by atoms with van der Waals surface area (Å²) in [6, 6.07) is 8.57. The first-order valence-electron chi connectivity index (χ1n) is 8.90. The lowest BCUT2D eigenvalue weighted by atomic mass is 9.87. The Labute approximate surface area is 138 Å². The van der Waals surface area contributed by atoms with Crippen molar-refractivity contribution >= 4 is 10.9 Å². The molecule has 23 heavy (non-hydrogen) atoms. The molecule has 0 spiro atoms. The second kappa shape index (κ2) is 6.14. The third-order valence-corrected chi connectivity index (χ3v) is 5.59. The molecule has 3 nitrogen and oxygen atoms in total. The van der Waals surface area contributed by atoms with E-state index in [-0.39, 0.29) is 12.5 Å². The monoisotopic (exact) mass is 310 g/mol. The van der Waals surface area contributed by atoms with Gasteiger partial charge >= 0.3 is 0 Å². The van der Waals surface area contributed by atoms with E-state index in [0.29, 0.717) is 5.92 Å². The minimum atomic E-state index is 0.217. The highest BCUT2D eigenvalue weighted by Gasteiger charge is 2.28. The van der Waals surface area contributed by atoms with Crippen molar-refractivity contribution in [3.63, 3.8) is 0 Å². The number of hydrogen-bond acceptors (Lipinski definition) is 2. The fourth-order valence-electron chi connectivity index (χ4n) is 4.42. The summed E-state index contributed by atoms with van der Waals surface area (Å²) in [4.78, 5) is 6.22. The van der Waals surface area contributed by atoms with Gasteiger partial charge in [-0.15, -0.1) is 0 Å². The molecule has 0 amide bonds. The first-order valence-corrected chi connectivity index (χ1v) is 8.90. The van der Waals surface area contributed by atoms with Crippen LogP contribution in [0.1, 0.15) is 36.9 Å². The SMILES string of the molecule is CCC1=C[C@H]2C[C@@H](CO)c3[nH]c4ccccc4c3CCN(C1)C2. The van der Waals surface area contributed by atoms with E-state index >= 15 is 0 Å². The number of fused-ring (bicyclic) bond motifs is 5. The van der Waals surface area contributed by atoms with Crippen LogP contribution in [0.15, 0.2) is 35.9 Å². The third-order valence-electron chi connectivity index (χ3n) is 5.59. The zero-order chi connectivity index (χ0) is 15.8. The van der Waals surface area contributed by atoms with Gasteiger partial charge in [-0.05, 0) is 36.8 Å². The Bertz CT molecular complexity index is 730. The topological polar surface area (TPSA) is 39.3 Å². The van der Waals surface area contributed by atoms with Crippen LogP contribution in [0.25, 0.3) is 10.9 Å². The number of aliphatic hydroxyl groups excluding tert-OH is 1. The molecule has 1 unspecified atom stereocenters. The number of aromatic nitrogens is 1. The average Bonchev–Trinajstić information content (AvgIpc) is 2.96. The highest BCUT2D eigenvalue weighted by atomic mass is 16.3. The van der Waals surface area contributed by atoms with Crippen molar-refractivity contribution < 1.29 is 5.11 Å². The lowest BCUT2D eigenvalue weighted by molar-refractivity contribution is 0.217. The molecule has 3 heterocycles. The minimum Gasteiger partial charge on any atom is -0.396 e. The molecule has 2 N–H and O–H groups in total. The maximum Gasteiger partial charge on any atom is 0.0514 e. The molecule has 0 saturated carbocycles. The highest BCUT2D eigenvalue weighted by molar-refractivity contribution is 5.85. The molecule has 0 saturated heterocycles. The van der Waals surface area contributed by atoms with E-state index in [9.17, 15) is 5.11 Å². The van der Waals surface area contributed by atoms with E-state index in [1.165, 1.54) is 22.2 Å². The van der Waals surface area contributed by atoms with Crippen molar-refractivity contribution in [2.75, 3.05) is 26.2 Å². The van der Waals surface area contributed by atoms with E-state index in [4.69, 9.17) is 0 Å². The number of H-pyrrole nitrogens is 1. The van der Waals surface area contributed by atoms with Gasteiger partial charge in [-0.1, -0.05) is 36.8 Å². The Hall–Kier alpha value is -1.58. The summed E-state index contributed by atoms with van der Waals surface area (Å²) in [6.07, 6.45) is 5.73. The summed E-state index contributed by atoms with van der Waals surface area (Å²) in [5, 5.41) is 11.4. The van der Waals surface area contributed by atoms with Crippen LogP contribution in [-0.4, -0.2) is 41.2 Å². The van der Waals surface area contributed by atoms with E-state index in [1.807, 2.05) is 0 Å². The minimum absolute atomic E-state index is 0.217. The molecule has 3 atom stereocenters. The number of para-hydroxylation sites is 1. The maximum absolute atomic E-state index is 10.0. The summed E-state index contributed by atoms with van der Waals surface area (Å²) in [6.45, 7) is 5.86. The second-order valence-electron chi connectivity index (χ2n) is 7.10. The Morgan fingerprint density at radius 2 is 2.17 bits per heavy atom. The summed E-state index contributed by atoms with van der Waals surface area (Å²) in [7, 11) is 0. The Morgan fingerprint density at radius 1 is 1.30 bits per heavy atom. The lowest BCUT2D eigenvalue weighted by Gasteiger charge is -2.32. The van der Waals surface area contributed by atoms with E-state index in [1.54, 1.807) is 5.57 Å². The molecular weight excluding hydrogens is 284 g/mol. The fourth-order valence-corrected chi connectivity index (χ4v) is 4.42. The summed E-state index contributed by atoms with van der Waals surface area (Å²) >= 11 is 0. The number of nitrogens with zero attached hydrogens (tertiary/aromatic N) is 1. The number of aromatic amines is 1. The van der Waals surface area contributed by atoms with Crippen LogP contribution in [0.3, 0.4) is 0 Å². The number of nitrogens with one attached hydrogen (secondary N) is 1. The molecule has 1 aromatic carbocycles. The van der Waals surface area contributed by atoms with Gasteiger partial charge in [0.1, 0.15) is 0 Å². The first-order chi connectivity index (χ1) is 11.3. The van der Waals surface area contributed by atoms with Crippen LogP contribution in [-0.2, 0) is 6.42 Å². The van der Waals surface area contributed by atoms with Crippen molar-refractivity contribution in [1.29, 1.82) is 0 Å². The number of aliphatic hydroxyl groups is 1. The van der Waals surface area contributed by atoms with Crippen LogP contribution in [0.4, 0.5) is 0 Å². The lowest BCUT2D eigenvalue weighted by Crippen LogP contribution is -2.36. The van der Waals surface area contributed by atoms with Crippen molar-refractivity contribution in [2.45, 2.75) is 32.1 Å². The summed E-state index contributed by atoms with van der Waals surface area (Å²) in [5.74, 6) is 0.781. The standard InChI is InChI=1S/C20H26N2O/c1-2-14-9-15-10-16(13-23)20-18(7-8-22(11-14)12-15)17-5-3-4-6-19(17)21-20/h3-6,9,15-16,21,23H,2,7-8,10-13H2,1H3/t15-,16-/m0/s1. The van der Waals surface area contributed by atoms with Crippen LogP contribution in [0.2, 0.25) is 0 Å². The molecule has 4 rings (SSSR count).